The Balaban J connectivity index is 0.000000200. The molecule has 3 aliphatic carbocycles. The molecule has 2 atom stereocenters. The fourth-order valence-electron chi connectivity index (χ4n) is 12.0. The van der Waals surface area contributed by atoms with Crippen LogP contribution in [0, 0.1) is 41.2 Å². The van der Waals surface area contributed by atoms with Gasteiger partial charge in [-0.25, -0.2) is 8.78 Å². The number of aliphatic hydroxyl groups is 1. The second-order valence-electron chi connectivity index (χ2n) is 21.4. The van der Waals surface area contributed by atoms with Crippen molar-refractivity contribution >= 4 is 88.4 Å². The molecular formula is C72H81BrCl2F2O2P2Pd. The van der Waals surface area contributed by atoms with Gasteiger partial charge < -0.3 is 5.11 Å². The predicted molar refractivity (Wildman–Crippen MR) is 353 cm³/mol. The normalized spacial score (nSPS) is 18.5. The van der Waals surface area contributed by atoms with Gasteiger partial charge in [-0.1, -0.05) is 275 Å². The average molecular weight is 1340 g/mol. The fraction of sp³-hybridized carbons (Fsp3) is 0.292. The summed E-state index contributed by atoms with van der Waals surface area (Å²) in [5.41, 5.74) is 2.39. The molecule has 0 aliphatic heterocycles. The minimum atomic E-state index is -0.923. The van der Waals surface area contributed by atoms with Crippen LogP contribution in [0.3, 0.4) is 0 Å². The molecule has 10 heteroatoms. The molecule has 8 aromatic carbocycles. The van der Waals surface area contributed by atoms with Crippen molar-refractivity contribution in [3.63, 3.8) is 0 Å². The first-order valence-corrected chi connectivity index (χ1v) is 36.4. The SMILES string of the molecule is C=C(C1CCC(CCC)CC1)C(O)c1c(F)cccc1Br.CCCC1CCC(C2Cc3cccc(F)c3C2=O)CC1.[Cl][Pd][Cl].[HH].[HH].c1ccc(P(c2ccccc2)c2ccccc2)cc1.c1ccc(P(c2ccccc2)c2ccccc2)cc1. The Bertz CT molecular complexity index is 2800. The van der Waals surface area contributed by atoms with Crippen LogP contribution in [0.25, 0.3) is 0 Å². The molecule has 0 heterocycles. The van der Waals surface area contributed by atoms with Gasteiger partial charge in [-0.3, -0.25) is 4.79 Å². The Morgan fingerprint density at radius 2 is 0.890 bits per heavy atom. The number of Topliss-reactive ketones (excluding diaryl/α,β-unsaturated/α-hetero) is 1. The summed E-state index contributed by atoms with van der Waals surface area (Å²) in [6.45, 7) is 8.54. The van der Waals surface area contributed by atoms with E-state index in [0.717, 1.165) is 55.1 Å². The zero-order valence-electron chi connectivity index (χ0n) is 47.1. The molecule has 0 radical (unpaired) electrons. The first-order chi connectivity index (χ1) is 40.1. The second-order valence-corrected chi connectivity index (χ2v) is 29.0. The van der Waals surface area contributed by atoms with Gasteiger partial charge in [0.15, 0.2) is 5.78 Å². The zero-order valence-corrected chi connectivity index (χ0v) is 53.5. The number of fused-ring (bicyclic) bond motifs is 1. The molecule has 0 saturated heterocycles. The number of halogens is 5. The van der Waals surface area contributed by atoms with Gasteiger partial charge in [0.25, 0.3) is 0 Å². The minimum absolute atomic E-state index is 0. The largest absolute Gasteiger partial charge is 0.0622 e. The van der Waals surface area contributed by atoms with E-state index < -0.39 is 21.9 Å². The smallest absolute Gasteiger partial charge is 0 e. The van der Waals surface area contributed by atoms with E-state index in [1.165, 1.54) is 95.3 Å². The van der Waals surface area contributed by atoms with Crippen molar-refractivity contribution in [1.29, 1.82) is 0 Å². The second kappa shape index (κ2) is 35.1. The molecule has 1 N–H and O–H groups in total. The van der Waals surface area contributed by atoms with Crippen LogP contribution in [0.5, 0.6) is 0 Å². The number of benzene rings is 8. The van der Waals surface area contributed by atoms with Crippen molar-refractivity contribution in [3.05, 3.63) is 263 Å². The Labute approximate surface area is 518 Å². The van der Waals surface area contributed by atoms with Gasteiger partial charge in [0.2, 0.25) is 0 Å². The molecular weight excluding hydrogens is 1250 g/mol. The standard InChI is InChI=1S/C18H24BrFO.C18H23FO.2C18H15P.2ClH.Pd.2H2/c1-3-5-13-8-10-14(11-9-13)12(2)18(21)17-15(19)6-4-7-16(17)20;1-2-4-12-7-9-13(10-8-12)15-11-14-5-3-6-16(19)17(14)18(15)20;2*1-4-10-16(11-5-1)19(17-12-6-2-7-13-17)18-14-8-3-9-15-18;;;;;/h4,6-7,13-14,18,21H,2-3,5,8-11H2,1H3;3,5-6,12-13,15H,2,4,7-11H2,1H3;2*1-15H;2*1H;;2*1H/q;;;;;;+2;;/p-2. The Morgan fingerprint density at radius 1 is 0.549 bits per heavy atom. The first-order valence-electron chi connectivity index (χ1n) is 28.9. The third-order valence-electron chi connectivity index (χ3n) is 16.1. The molecule has 436 valence electrons. The summed E-state index contributed by atoms with van der Waals surface area (Å²) in [6.07, 6.45) is 14.3. The van der Waals surface area contributed by atoms with Gasteiger partial charge in [-0.15, -0.1) is 0 Å². The summed E-state index contributed by atoms with van der Waals surface area (Å²) < 4.78 is 28.4. The number of hydrogen-bond acceptors (Lipinski definition) is 2. The topological polar surface area (TPSA) is 37.3 Å². The molecule has 0 bridgehead atoms. The van der Waals surface area contributed by atoms with Gasteiger partial charge >= 0.3 is 35.0 Å². The van der Waals surface area contributed by atoms with E-state index in [4.69, 9.17) is 19.1 Å². The average Bonchev–Trinajstić information content (AvgIpc) is 2.98. The molecule has 2 fully saturated rings. The van der Waals surface area contributed by atoms with E-state index in [0.29, 0.717) is 27.4 Å². The van der Waals surface area contributed by atoms with E-state index in [-0.39, 0.29) is 42.1 Å². The van der Waals surface area contributed by atoms with Crippen molar-refractivity contribution in [2.24, 2.45) is 29.6 Å². The van der Waals surface area contributed by atoms with Crippen molar-refractivity contribution < 1.29 is 37.5 Å². The monoisotopic (exact) mass is 1330 g/mol. The maximum absolute atomic E-state index is 14.0. The molecule has 0 amide bonds. The van der Waals surface area contributed by atoms with Gasteiger partial charge in [-0.05, 0) is 146 Å². The molecule has 2 nitrogen and oxygen atoms in total. The van der Waals surface area contributed by atoms with Crippen LogP contribution in [-0.2, 0) is 22.4 Å². The molecule has 0 spiro atoms. The summed E-state index contributed by atoms with van der Waals surface area (Å²) >= 11 is 3.22. The number of carbonyl (C=O) groups is 1. The molecule has 11 rings (SSSR count). The Morgan fingerprint density at radius 3 is 1.23 bits per heavy atom. The van der Waals surface area contributed by atoms with Crippen molar-refractivity contribution in [3.8, 4) is 0 Å². The van der Waals surface area contributed by atoms with Gasteiger partial charge in [0, 0.05) is 18.8 Å². The van der Waals surface area contributed by atoms with Crippen LogP contribution in [0.2, 0.25) is 0 Å². The quantitative estimate of drug-likeness (QED) is 0.0669. The maximum Gasteiger partial charge on any atom is 0 e. The third kappa shape index (κ3) is 18.8. The first kappa shape index (κ1) is 65.1. The Hall–Kier alpha value is -4.43. The fourth-order valence-corrected chi connectivity index (χ4v) is 17.1. The predicted octanol–water partition coefficient (Wildman–Crippen LogP) is 19.3. The number of aliphatic hydroxyl groups excluding tert-OH is 1. The minimum Gasteiger partial charge on any atom is -0.0622 e. The third-order valence-corrected chi connectivity index (χ3v) is 21.6. The zero-order chi connectivity index (χ0) is 58.1. The molecule has 2 unspecified atom stereocenters. The maximum atomic E-state index is 14.0. The van der Waals surface area contributed by atoms with Gasteiger partial charge in [0.1, 0.15) is 17.7 Å². The van der Waals surface area contributed by atoms with Crippen molar-refractivity contribution in [2.75, 3.05) is 0 Å². The summed E-state index contributed by atoms with van der Waals surface area (Å²) in [7, 11) is 8.74. The van der Waals surface area contributed by atoms with Gasteiger partial charge in [0.05, 0.1) is 5.56 Å². The summed E-state index contributed by atoms with van der Waals surface area (Å²) in [5.74, 6) is 1.86. The van der Waals surface area contributed by atoms with Crippen LogP contribution >= 0.6 is 50.8 Å². The number of rotatable bonds is 14. The molecule has 0 aromatic heterocycles. The summed E-state index contributed by atoms with van der Waals surface area (Å²) in [4.78, 5) is 12.5. The van der Waals surface area contributed by atoms with Crippen LogP contribution in [0.4, 0.5) is 8.78 Å². The molecule has 8 aromatic rings. The molecule has 82 heavy (non-hydrogen) atoms. The summed E-state index contributed by atoms with van der Waals surface area (Å²) in [6, 6.07) is 74.5. The van der Waals surface area contributed by atoms with Crippen molar-refractivity contribution in [1.82, 2.24) is 0 Å². The molecule has 2 saturated carbocycles. The summed E-state index contributed by atoms with van der Waals surface area (Å²) in [5, 5.41) is 18.9. The number of ketones is 1. The van der Waals surface area contributed by atoms with Gasteiger partial charge in [-0.2, -0.15) is 0 Å². The van der Waals surface area contributed by atoms with E-state index in [9.17, 15) is 18.7 Å². The van der Waals surface area contributed by atoms with E-state index >= 15 is 0 Å². The van der Waals surface area contributed by atoms with Crippen LogP contribution < -0.4 is 31.8 Å². The van der Waals surface area contributed by atoms with E-state index in [1.807, 2.05) is 6.07 Å². The van der Waals surface area contributed by atoms with E-state index in [1.54, 1.807) is 18.2 Å². The van der Waals surface area contributed by atoms with Crippen LogP contribution in [0.1, 0.15) is 121 Å². The number of carbonyl (C=O) groups excluding carboxylic acids is 1. The Kier molecular flexibility index (Phi) is 27.9. The van der Waals surface area contributed by atoms with Crippen LogP contribution in [-0.4, -0.2) is 10.9 Å². The number of hydrogen-bond donors (Lipinski definition) is 1. The van der Waals surface area contributed by atoms with E-state index in [2.05, 4.69) is 218 Å². The van der Waals surface area contributed by atoms with Crippen LogP contribution in [0.15, 0.2) is 235 Å². The van der Waals surface area contributed by atoms with Crippen molar-refractivity contribution in [2.45, 2.75) is 103 Å². The molecule has 3 aliphatic rings.